The van der Waals surface area contributed by atoms with Crippen molar-refractivity contribution in [2.45, 2.75) is 45.2 Å². The second-order valence-corrected chi connectivity index (χ2v) is 10.7. The van der Waals surface area contributed by atoms with Gasteiger partial charge in [0, 0.05) is 18.1 Å². The maximum absolute atomic E-state index is 9.67. The van der Waals surface area contributed by atoms with Crippen LogP contribution in [-0.4, -0.2) is 29.6 Å². The monoisotopic (exact) mass is 316 g/mol. The molecule has 3 rings (SSSR count). The van der Waals surface area contributed by atoms with Crippen LogP contribution < -0.4 is 10.5 Å². The summed E-state index contributed by atoms with van der Waals surface area (Å²) in [5.74, 6) is 0. The highest BCUT2D eigenvalue weighted by atomic mass is 28.3. The minimum atomic E-state index is -1.94. The van der Waals surface area contributed by atoms with Gasteiger partial charge in [0.05, 0.1) is 6.61 Å². The first-order valence-electron chi connectivity index (χ1n) is 7.99. The van der Waals surface area contributed by atoms with E-state index < -0.39 is 8.07 Å². The molecule has 1 saturated heterocycles. The van der Waals surface area contributed by atoms with Gasteiger partial charge in [0.1, 0.15) is 14.3 Å². The summed E-state index contributed by atoms with van der Waals surface area (Å²) in [6, 6.07) is 10.3. The molecule has 2 aromatic rings. The Labute approximate surface area is 132 Å². The third kappa shape index (κ3) is 2.76. The average molecular weight is 316 g/mol. The fraction of sp³-hybridized carbons (Fsp3) is 0.471. The molecule has 22 heavy (non-hydrogen) atoms. The van der Waals surface area contributed by atoms with Crippen LogP contribution in [0.15, 0.2) is 36.5 Å². The summed E-state index contributed by atoms with van der Waals surface area (Å²) < 4.78 is 8.01. The number of nitrogens with zero attached hydrogens (tertiary/aromatic N) is 2. The lowest BCUT2D eigenvalue weighted by atomic mass is 10.2. The molecule has 0 spiro atoms. The molecule has 0 radical (unpaired) electrons. The maximum atomic E-state index is 9.67. The zero-order chi connectivity index (χ0) is 15.6. The lowest BCUT2D eigenvalue weighted by molar-refractivity contribution is -0.0376. The SMILES string of the molecule is C[Si](C)(c1ccccc1CO)c1ccnn1[C@@H]1CCCCO1. The molecule has 1 N–H and O–H groups in total. The van der Waals surface area contributed by atoms with Gasteiger partial charge in [-0.05, 0) is 36.1 Å². The van der Waals surface area contributed by atoms with Gasteiger partial charge in [-0.3, -0.25) is 0 Å². The summed E-state index contributed by atoms with van der Waals surface area (Å²) >= 11 is 0. The average Bonchev–Trinajstić information content (AvgIpc) is 3.06. The predicted molar refractivity (Wildman–Crippen MR) is 90.2 cm³/mol. The quantitative estimate of drug-likeness (QED) is 0.877. The normalized spacial score (nSPS) is 19.3. The zero-order valence-corrected chi connectivity index (χ0v) is 14.3. The predicted octanol–water partition coefficient (Wildman–Crippen LogP) is 1.90. The number of hydrogen-bond donors (Lipinski definition) is 1. The van der Waals surface area contributed by atoms with Crippen molar-refractivity contribution in [3.05, 3.63) is 42.1 Å². The molecule has 1 aliphatic heterocycles. The van der Waals surface area contributed by atoms with E-state index in [1.807, 2.05) is 18.3 Å². The molecule has 1 aromatic heterocycles. The highest BCUT2D eigenvalue weighted by molar-refractivity contribution is 7.00. The van der Waals surface area contributed by atoms with Crippen LogP contribution in [-0.2, 0) is 11.3 Å². The first-order valence-corrected chi connectivity index (χ1v) is 11.0. The molecule has 0 unspecified atom stereocenters. The molecule has 1 atom stereocenters. The van der Waals surface area contributed by atoms with Gasteiger partial charge in [0.2, 0.25) is 0 Å². The van der Waals surface area contributed by atoms with Crippen molar-refractivity contribution in [2.75, 3.05) is 6.61 Å². The second kappa shape index (κ2) is 6.36. The van der Waals surface area contributed by atoms with E-state index in [1.165, 1.54) is 16.9 Å². The van der Waals surface area contributed by atoms with Crippen LogP contribution in [0.4, 0.5) is 0 Å². The summed E-state index contributed by atoms with van der Waals surface area (Å²) in [4.78, 5) is 0. The van der Waals surface area contributed by atoms with E-state index in [9.17, 15) is 5.11 Å². The van der Waals surface area contributed by atoms with Gasteiger partial charge in [-0.2, -0.15) is 5.10 Å². The van der Waals surface area contributed by atoms with Gasteiger partial charge in [-0.15, -0.1) is 0 Å². The number of aliphatic hydroxyl groups excluding tert-OH is 1. The Balaban J connectivity index is 2.00. The Morgan fingerprint density at radius 3 is 2.82 bits per heavy atom. The lowest BCUT2D eigenvalue weighted by Gasteiger charge is -2.31. The first-order chi connectivity index (χ1) is 10.6. The molecule has 1 aromatic carbocycles. The number of aromatic nitrogens is 2. The maximum Gasteiger partial charge on any atom is 0.149 e. The van der Waals surface area contributed by atoms with Gasteiger partial charge in [-0.25, -0.2) is 4.68 Å². The molecule has 1 fully saturated rings. The van der Waals surface area contributed by atoms with E-state index in [4.69, 9.17) is 4.74 Å². The molecule has 5 heteroatoms. The van der Waals surface area contributed by atoms with Crippen molar-refractivity contribution in [1.82, 2.24) is 9.78 Å². The summed E-state index contributed by atoms with van der Waals surface area (Å²) in [7, 11) is -1.94. The van der Waals surface area contributed by atoms with E-state index in [0.717, 1.165) is 25.0 Å². The van der Waals surface area contributed by atoms with Crippen LogP contribution in [0, 0.1) is 0 Å². The van der Waals surface area contributed by atoms with Crippen molar-refractivity contribution < 1.29 is 9.84 Å². The number of rotatable bonds is 4. The van der Waals surface area contributed by atoms with Crippen LogP contribution in [0.25, 0.3) is 0 Å². The fourth-order valence-corrected chi connectivity index (χ4v) is 6.38. The van der Waals surface area contributed by atoms with Crippen molar-refractivity contribution in [3.63, 3.8) is 0 Å². The standard InChI is InChI=1S/C17H24N2O2Si/c1-22(2,15-8-4-3-7-14(15)13-20)17-10-11-18-19(17)16-9-5-6-12-21-16/h3-4,7-8,10-11,16,20H,5-6,9,12-13H2,1-2H3/t16-/m0/s1. The zero-order valence-electron chi connectivity index (χ0n) is 13.3. The molecule has 1 aliphatic rings. The Bertz CT molecular complexity index is 633. The topological polar surface area (TPSA) is 47.3 Å². The van der Waals surface area contributed by atoms with Gasteiger partial charge in [0.25, 0.3) is 0 Å². The molecule has 0 aliphatic carbocycles. The second-order valence-electron chi connectivity index (χ2n) is 6.42. The van der Waals surface area contributed by atoms with E-state index >= 15 is 0 Å². The largest absolute Gasteiger partial charge is 0.392 e. The van der Waals surface area contributed by atoms with Crippen molar-refractivity contribution >= 4 is 18.6 Å². The Morgan fingerprint density at radius 1 is 1.27 bits per heavy atom. The Morgan fingerprint density at radius 2 is 2.09 bits per heavy atom. The molecule has 4 nitrogen and oxygen atoms in total. The lowest BCUT2D eigenvalue weighted by Crippen LogP contribution is -2.57. The van der Waals surface area contributed by atoms with Gasteiger partial charge < -0.3 is 9.84 Å². The van der Waals surface area contributed by atoms with Crippen LogP contribution in [0.3, 0.4) is 0 Å². The van der Waals surface area contributed by atoms with Crippen LogP contribution in [0.2, 0.25) is 13.1 Å². The van der Waals surface area contributed by atoms with Gasteiger partial charge >= 0.3 is 0 Å². The van der Waals surface area contributed by atoms with Gasteiger partial charge in [0.15, 0.2) is 0 Å². The molecule has 0 amide bonds. The molecule has 0 saturated carbocycles. The molecular formula is C17H24N2O2Si. The Kier molecular flexibility index (Phi) is 4.47. The van der Waals surface area contributed by atoms with E-state index in [2.05, 4.69) is 41.1 Å². The van der Waals surface area contributed by atoms with Crippen LogP contribution in [0.5, 0.6) is 0 Å². The number of aliphatic hydroxyl groups is 1. The highest BCUT2D eigenvalue weighted by Gasteiger charge is 2.33. The van der Waals surface area contributed by atoms with Crippen molar-refractivity contribution in [3.8, 4) is 0 Å². The summed E-state index contributed by atoms with van der Waals surface area (Å²) in [5, 5.41) is 16.8. The van der Waals surface area contributed by atoms with E-state index in [1.54, 1.807) is 0 Å². The smallest absolute Gasteiger partial charge is 0.149 e. The Hall–Kier alpha value is -1.43. The third-order valence-electron chi connectivity index (χ3n) is 4.60. The summed E-state index contributed by atoms with van der Waals surface area (Å²) in [6.45, 7) is 5.54. The minimum absolute atomic E-state index is 0.0619. The van der Waals surface area contributed by atoms with Crippen LogP contribution >= 0.6 is 0 Å². The third-order valence-corrected chi connectivity index (χ3v) is 8.11. The highest BCUT2D eigenvalue weighted by Crippen LogP contribution is 2.22. The molecular weight excluding hydrogens is 292 g/mol. The number of ether oxygens (including phenoxy) is 1. The minimum Gasteiger partial charge on any atom is -0.392 e. The molecule has 118 valence electrons. The number of benzene rings is 1. The van der Waals surface area contributed by atoms with E-state index in [-0.39, 0.29) is 12.8 Å². The van der Waals surface area contributed by atoms with Gasteiger partial charge in [-0.1, -0.05) is 37.4 Å². The fourth-order valence-electron chi connectivity index (χ4n) is 3.36. The van der Waals surface area contributed by atoms with Crippen LogP contribution in [0.1, 0.15) is 31.1 Å². The van der Waals surface area contributed by atoms with Crippen molar-refractivity contribution in [2.24, 2.45) is 0 Å². The summed E-state index contributed by atoms with van der Waals surface area (Å²) in [6.07, 6.45) is 5.30. The van der Waals surface area contributed by atoms with Crippen molar-refractivity contribution in [1.29, 1.82) is 0 Å². The summed E-state index contributed by atoms with van der Waals surface area (Å²) in [5.41, 5.74) is 1.02. The van der Waals surface area contributed by atoms with E-state index in [0.29, 0.717) is 0 Å². The molecule has 2 heterocycles. The first kappa shape index (κ1) is 15.5. The number of hydrogen-bond acceptors (Lipinski definition) is 3. The molecule has 0 bridgehead atoms.